The number of carbonyl (C=O) groups is 2. The number of halogens is 2. The molecule has 2 N–H and O–H groups in total. The lowest BCUT2D eigenvalue weighted by Gasteiger charge is -2.42. The van der Waals surface area contributed by atoms with Crippen molar-refractivity contribution in [2.24, 2.45) is 7.05 Å². The van der Waals surface area contributed by atoms with Crippen LogP contribution < -0.4 is 14.4 Å². The van der Waals surface area contributed by atoms with Gasteiger partial charge in [-0.1, -0.05) is 59.6 Å². The van der Waals surface area contributed by atoms with Crippen LogP contribution in [0.1, 0.15) is 74.9 Å². The van der Waals surface area contributed by atoms with Crippen LogP contribution in [0.25, 0.3) is 32.9 Å². The van der Waals surface area contributed by atoms with E-state index in [1.165, 1.54) is 0 Å². The van der Waals surface area contributed by atoms with E-state index >= 15 is 4.79 Å². The summed E-state index contributed by atoms with van der Waals surface area (Å²) in [6.07, 6.45) is 1.17. The van der Waals surface area contributed by atoms with Gasteiger partial charge in [0.2, 0.25) is 0 Å². The molecule has 2 atom stereocenters. The first kappa shape index (κ1) is 38.2. The number of aryl methyl sites for hydroxylation is 4. The van der Waals surface area contributed by atoms with E-state index in [9.17, 15) is 9.90 Å². The first-order valence-corrected chi connectivity index (χ1v) is 19.7. The Kier molecular flexibility index (Phi) is 10.0. The van der Waals surface area contributed by atoms with Crippen LogP contribution in [-0.2, 0) is 13.7 Å². The van der Waals surface area contributed by atoms with Gasteiger partial charge in [-0.25, -0.2) is 4.79 Å². The third-order valence-electron chi connectivity index (χ3n) is 11.2. The van der Waals surface area contributed by atoms with Gasteiger partial charge in [-0.2, -0.15) is 5.10 Å². The monoisotopic (exact) mass is 803 g/mol. The molecule has 0 radical (unpaired) electrons. The van der Waals surface area contributed by atoms with E-state index in [0.717, 1.165) is 60.9 Å². The fourth-order valence-electron chi connectivity index (χ4n) is 8.38. The van der Waals surface area contributed by atoms with Gasteiger partial charge in [0.25, 0.3) is 5.91 Å². The van der Waals surface area contributed by atoms with Crippen LogP contribution in [-0.4, -0.2) is 49.0 Å². The SMILES string of the molecule is Cc1cc(OCCC[C@@H]2[C@@H](C)n3c(cc4ccc(Cl)c(-c5c(C)nn(C)c5C)c43)C(=O)N2c2cc(OCc3ccccc3)cc3cc(C(=O)O)[nH]c23)cc(C)c1Cl. The Hall–Kier alpha value is -5.71. The largest absolute Gasteiger partial charge is 0.494 e. The normalized spacial score (nSPS) is 15.4. The van der Waals surface area contributed by atoms with Gasteiger partial charge < -0.3 is 24.1 Å². The minimum Gasteiger partial charge on any atom is -0.494 e. The summed E-state index contributed by atoms with van der Waals surface area (Å²) >= 11 is 13.5. The van der Waals surface area contributed by atoms with Crippen molar-refractivity contribution in [2.45, 2.75) is 66.2 Å². The number of ether oxygens (including phenoxy) is 2. The van der Waals surface area contributed by atoms with E-state index in [4.69, 9.17) is 37.8 Å². The molecule has 7 aromatic rings. The second-order valence-corrected chi connectivity index (χ2v) is 15.7. The molecule has 0 aliphatic carbocycles. The molecule has 10 nitrogen and oxygen atoms in total. The first-order valence-electron chi connectivity index (χ1n) is 19.0. The number of amides is 1. The molecule has 0 bridgehead atoms. The van der Waals surface area contributed by atoms with Gasteiger partial charge in [0.05, 0.1) is 46.1 Å². The molecule has 0 saturated heterocycles. The summed E-state index contributed by atoms with van der Waals surface area (Å²) in [7, 11) is 1.91. The van der Waals surface area contributed by atoms with Crippen LogP contribution >= 0.6 is 23.2 Å². The topological polar surface area (TPSA) is 115 Å². The van der Waals surface area contributed by atoms with Crippen LogP contribution in [0.5, 0.6) is 11.5 Å². The molecule has 1 aliphatic heterocycles. The Morgan fingerprint density at radius 1 is 0.895 bits per heavy atom. The molecule has 8 rings (SSSR count). The van der Waals surface area contributed by atoms with Crippen molar-refractivity contribution in [2.75, 3.05) is 11.5 Å². The molecule has 0 fully saturated rings. The summed E-state index contributed by atoms with van der Waals surface area (Å²) in [5, 5.41) is 17.5. The number of nitrogens with zero attached hydrogens (tertiary/aromatic N) is 4. The number of carbonyl (C=O) groups excluding carboxylic acids is 1. The number of hydrogen-bond acceptors (Lipinski definition) is 5. The maximum atomic E-state index is 15.3. The third-order valence-corrected chi connectivity index (χ3v) is 12.1. The van der Waals surface area contributed by atoms with E-state index < -0.39 is 12.0 Å². The van der Waals surface area contributed by atoms with E-state index in [1.54, 1.807) is 6.07 Å². The smallest absolute Gasteiger partial charge is 0.352 e. The van der Waals surface area contributed by atoms with Gasteiger partial charge >= 0.3 is 5.97 Å². The van der Waals surface area contributed by atoms with Crippen LogP contribution in [0.4, 0.5) is 5.69 Å². The average Bonchev–Trinajstić information content (AvgIpc) is 3.87. The fraction of sp³-hybridized carbons (Fsp3) is 0.267. The first-order chi connectivity index (χ1) is 27.3. The Balaban J connectivity index is 1.27. The summed E-state index contributed by atoms with van der Waals surface area (Å²) < 4.78 is 16.6. The molecule has 12 heteroatoms. The predicted octanol–water partition coefficient (Wildman–Crippen LogP) is 10.8. The number of nitrogens with one attached hydrogen (secondary N) is 1. The molecule has 57 heavy (non-hydrogen) atoms. The lowest BCUT2D eigenvalue weighted by molar-refractivity contribution is 0.0691. The van der Waals surface area contributed by atoms with Crippen LogP contribution in [0.15, 0.2) is 78.9 Å². The highest BCUT2D eigenvalue weighted by molar-refractivity contribution is 6.35. The number of benzene rings is 4. The number of anilines is 1. The van der Waals surface area contributed by atoms with Gasteiger partial charge in [-0.3, -0.25) is 14.4 Å². The number of aromatic carboxylic acids is 1. The average molecular weight is 805 g/mol. The van der Waals surface area contributed by atoms with Gasteiger partial charge in [0.15, 0.2) is 0 Å². The molecule has 0 unspecified atom stereocenters. The molecule has 4 aromatic carbocycles. The quantitative estimate of drug-likeness (QED) is 0.126. The summed E-state index contributed by atoms with van der Waals surface area (Å²) in [6.45, 7) is 10.7. The summed E-state index contributed by atoms with van der Waals surface area (Å²) in [6, 6.07) is 24.0. The molecular weight excluding hydrogens is 761 g/mol. The van der Waals surface area contributed by atoms with Gasteiger partial charge in [-0.05, 0) is 101 Å². The second-order valence-electron chi connectivity index (χ2n) is 14.9. The molecule has 0 saturated carbocycles. The lowest BCUT2D eigenvalue weighted by Crippen LogP contribution is -2.50. The van der Waals surface area contributed by atoms with Crippen LogP contribution in [0.2, 0.25) is 10.0 Å². The highest BCUT2D eigenvalue weighted by Crippen LogP contribution is 2.46. The highest BCUT2D eigenvalue weighted by atomic mass is 35.5. The highest BCUT2D eigenvalue weighted by Gasteiger charge is 2.41. The second kappa shape index (κ2) is 15.0. The number of carboxylic acid groups (broad SMARTS) is 1. The molecular formula is C45H43Cl2N5O5. The van der Waals surface area contributed by atoms with Crippen molar-refractivity contribution in [1.82, 2.24) is 19.3 Å². The summed E-state index contributed by atoms with van der Waals surface area (Å²) in [5.74, 6) is -0.0872. The molecule has 0 spiro atoms. The summed E-state index contributed by atoms with van der Waals surface area (Å²) in [4.78, 5) is 32.5. The van der Waals surface area contributed by atoms with Crippen LogP contribution in [0.3, 0.4) is 0 Å². The standard InChI is InChI=1S/C45H43Cl2N5O5/c1-24-17-32(18-25(2)41(24)47)56-16-10-13-36-27(4)51-38(21-30-14-15-34(46)40(43(30)51)39-26(3)49-50(6)28(39)5)44(53)52(36)37-22-33(57-23-29-11-8-7-9-12-29)19-31-20-35(45(54)55)48-42(31)37/h7-9,11-12,14-15,17-22,27,36,48H,10,13,16,23H2,1-6H3,(H,54,55)/t27-,36-/m1/s1. The van der Waals surface area contributed by atoms with Gasteiger partial charge in [0, 0.05) is 45.7 Å². The lowest BCUT2D eigenvalue weighted by atomic mass is 9.96. The number of hydrogen-bond donors (Lipinski definition) is 2. The number of rotatable bonds is 11. The number of fused-ring (bicyclic) bond motifs is 4. The Labute approximate surface area is 340 Å². The number of carboxylic acids is 1. The van der Waals surface area contributed by atoms with E-state index in [0.29, 0.717) is 59.1 Å². The van der Waals surface area contributed by atoms with E-state index in [-0.39, 0.29) is 17.6 Å². The summed E-state index contributed by atoms with van der Waals surface area (Å²) in [5.41, 5.74) is 8.86. The minimum atomic E-state index is -1.10. The zero-order valence-corrected chi connectivity index (χ0v) is 34.1. The molecule has 3 aromatic heterocycles. The number of H-pyrrole nitrogens is 1. The van der Waals surface area contributed by atoms with Crippen molar-refractivity contribution in [3.8, 4) is 22.6 Å². The predicted molar refractivity (Wildman–Crippen MR) is 226 cm³/mol. The Morgan fingerprint density at radius 2 is 1.61 bits per heavy atom. The maximum absolute atomic E-state index is 15.3. The van der Waals surface area contributed by atoms with Crippen molar-refractivity contribution < 1.29 is 24.2 Å². The zero-order chi connectivity index (χ0) is 40.3. The molecule has 4 heterocycles. The Bertz CT molecular complexity index is 2690. The third kappa shape index (κ3) is 6.80. The molecule has 1 amide bonds. The molecule has 1 aliphatic rings. The van der Waals surface area contributed by atoms with Crippen molar-refractivity contribution in [1.29, 1.82) is 0 Å². The van der Waals surface area contributed by atoms with Crippen LogP contribution in [0, 0.1) is 27.7 Å². The van der Waals surface area contributed by atoms with E-state index in [2.05, 4.69) is 16.5 Å². The van der Waals surface area contributed by atoms with Crippen molar-refractivity contribution >= 4 is 62.6 Å². The number of aromatic amines is 1. The Morgan fingerprint density at radius 3 is 2.30 bits per heavy atom. The van der Waals surface area contributed by atoms with Gasteiger partial charge in [-0.15, -0.1) is 0 Å². The minimum absolute atomic E-state index is 0.0121. The zero-order valence-electron chi connectivity index (χ0n) is 32.6. The number of aromatic nitrogens is 4. The van der Waals surface area contributed by atoms with Crippen molar-refractivity contribution in [3.63, 3.8) is 0 Å². The fourth-order valence-corrected chi connectivity index (χ4v) is 8.73. The van der Waals surface area contributed by atoms with E-state index in [1.807, 2.05) is 117 Å². The van der Waals surface area contributed by atoms with Crippen molar-refractivity contribution in [3.05, 3.63) is 128 Å². The maximum Gasteiger partial charge on any atom is 0.352 e. The molecule has 292 valence electrons. The van der Waals surface area contributed by atoms with Gasteiger partial charge in [0.1, 0.15) is 29.5 Å².